The second kappa shape index (κ2) is 8.09. The zero-order valence-corrected chi connectivity index (χ0v) is 18.3. The normalized spacial score (nSPS) is 19.1. The number of anilines is 1. The van der Waals surface area contributed by atoms with Gasteiger partial charge in [0.2, 0.25) is 5.91 Å². The van der Waals surface area contributed by atoms with Crippen LogP contribution in [0.1, 0.15) is 51.0 Å². The molecular weight excluding hydrogens is 416 g/mol. The van der Waals surface area contributed by atoms with Gasteiger partial charge in [-0.15, -0.1) is 22.7 Å². The lowest BCUT2D eigenvalue weighted by atomic mass is 9.99. The summed E-state index contributed by atoms with van der Waals surface area (Å²) in [6.07, 6.45) is 5.04. The average Bonchev–Trinajstić information content (AvgIpc) is 3.41. The number of rotatable bonds is 5. The molecule has 0 saturated carbocycles. The third-order valence-corrected chi connectivity index (χ3v) is 8.36. The molecule has 1 saturated heterocycles. The summed E-state index contributed by atoms with van der Waals surface area (Å²) in [6, 6.07) is 8.23. The van der Waals surface area contributed by atoms with Gasteiger partial charge in [-0.05, 0) is 56.3 Å². The van der Waals surface area contributed by atoms with E-state index in [1.54, 1.807) is 11.3 Å². The Morgan fingerprint density at radius 2 is 2.07 bits per heavy atom. The van der Waals surface area contributed by atoms with Crippen LogP contribution in [0.2, 0.25) is 0 Å². The Hall–Kier alpha value is -2.29. The highest BCUT2D eigenvalue weighted by Crippen LogP contribution is 2.39. The third kappa shape index (κ3) is 3.75. The van der Waals surface area contributed by atoms with Crippen LogP contribution in [0.5, 0.6) is 0 Å². The highest BCUT2D eigenvalue weighted by Gasteiger charge is 2.28. The van der Waals surface area contributed by atoms with Crippen molar-refractivity contribution < 1.29 is 9.59 Å². The van der Waals surface area contributed by atoms with Crippen molar-refractivity contribution in [2.45, 2.75) is 38.0 Å². The molecule has 1 aromatic carbocycles. The molecule has 1 atom stereocenters. The lowest BCUT2D eigenvalue weighted by Crippen LogP contribution is -2.39. The zero-order chi connectivity index (χ0) is 20.7. The molecule has 3 aromatic rings. The quantitative estimate of drug-likeness (QED) is 0.632. The van der Waals surface area contributed by atoms with Crippen LogP contribution in [0.4, 0.5) is 5.00 Å². The molecule has 2 aromatic heterocycles. The molecule has 1 fully saturated rings. The first-order valence-corrected chi connectivity index (χ1v) is 12.0. The maximum absolute atomic E-state index is 12.8. The highest BCUT2D eigenvalue weighted by molar-refractivity contribution is 7.18. The van der Waals surface area contributed by atoms with Crippen molar-refractivity contribution in [1.29, 1.82) is 0 Å². The Bertz CT molecular complexity index is 1090. The van der Waals surface area contributed by atoms with Crippen molar-refractivity contribution >= 4 is 49.7 Å². The van der Waals surface area contributed by atoms with Crippen molar-refractivity contribution in [3.63, 3.8) is 0 Å². The number of fused-ring (bicyclic) bond motifs is 2. The number of para-hydroxylation sites is 1. The maximum atomic E-state index is 12.8. The molecule has 30 heavy (non-hydrogen) atoms. The van der Waals surface area contributed by atoms with Crippen molar-refractivity contribution in [1.82, 2.24) is 9.88 Å². The van der Waals surface area contributed by atoms with Crippen LogP contribution < -0.4 is 11.1 Å². The summed E-state index contributed by atoms with van der Waals surface area (Å²) in [4.78, 5) is 32.9. The molecule has 0 radical (unpaired) electrons. The Morgan fingerprint density at radius 3 is 2.90 bits per heavy atom. The molecule has 0 spiro atoms. The lowest BCUT2D eigenvalue weighted by Gasteiger charge is -2.31. The van der Waals surface area contributed by atoms with E-state index in [1.165, 1.54) is 20.9 Å². The SMILES string of the molecule is NC(=O)c1c(NC(=O)CN2CCC[C@@H](c3nc4ccccc4s3)C2)sc2c1CCC2. The van der Waals surface area contributed by atoms with Crippen LogP contribution in [-0.4, -0.2) is 41.3 Å². The van der Waals surface area contributed by atoms with Gasteiger partial charge in [-0.2, -0.15) is 0 Å². The number of likely N-dealkylation sites (tertiary alicyclic amines) is 1. The number of thiophene rings is 1. The van der Waals surface area contributed by atoms with Crippen LogP contribution >= 0.6 is 22.7 Å². The monoisotopic (exact) mass is 440 g/mol. The number of nitrogens with two attached hydrogens (primary N) is 1. The minimum absolute atomic E-state index is 0.0811. The first kappa shape index (κ1) is 19.7. The Morgan fingerprint density at radius 1 is 1.20 bits per heavy atom. The topological polar surface area (TPSA) is 88.3 Å². The predicted octanol–water partition coefficient (Wildman–Crippen LogP) is 3.76. The molecule has 2 amide bonds. The van der Waals surface area contributed by atoms with Gasteiger partial charge in [0.25, 0.3) is 5.91 Å². The summed E-state index contributed by atoms with van der Waals surface area (Å²) in [7, 11) is 0. The Kier molecular flexibility index (Phi) is 5.30. The van der Waals surface area contributed by atoms with Gasteiger partial charge in [0.05, 0.1) is 27.3 Å². The summed E-state index contributed by atoms with van der Waals surface area (Å²) < 4.78 is 1.21. The molecule has 0 bridgehead atoms. The first-order chi connectivity index (χ1) is 14.6. The fourth-order valence-electron chi connectivity index (χ4n) is 4.59. The van der Waals surface area contributed by atoms with E-state index in [0.29, 0.717) is 23.0 Å². The third-order valence-electron chi connectivity index (χ3n) is 5.95. The second-order valence-corrected chi connectivity index (χ2v) is 10.2. The van der Waals surface area contributed by atoms with Gasteiger partial charge in [-0.25, -0.2) is 4.98 Å². The van der Waals surface area contributed by atoms with Gasteiger partial charge in [-0.1, -0.05) is 12.1 Å². The molecule has 156 valence electrons. The first-order valence-electron chi connectivity index (χ1n) is 10.4. The van der Waals surface area contributed by atoms with Gasteiger partial charge in [0, 0.05) is 17.3 Å². The molecule has 2 aliphatic rings. The Balaban J connectivity index is 1.26. The summed E-state index contributed by atoms with van der Waals surface area (Å²) in [5, 5.41) is 4.75. The number of piperidine rings is 1. The van der Waals surface area contributed by atoms with E-state index in [0.717, 1.165) is 61.3 Å². The van der Waals surface area contributed by atoms with Gasteiger partial charge in [0.1, 0.15) is 5.00 Å². The van der Waals surface area contributed by atoms with Gasteiger partial charge in [-0.3, -0.25) is 14.5 Å². The predicted molar refractivity (Wildman–Crippen MR) is 122 cm³/mol. The lowest BCUT2D eigenvalue weighted by molar-refractivity contribution is -0.117. The smallest absolute Gasteiger partial charge is 0.251 e. The van der Waals surface area contributed by atoms with Crippen LogP contribution in [-0.2, 0) is 17.6 Å². The summed E-state index contributed by atoms with van der Waals surface area (Å²) in [5.74, 6) is -0.170. The number of aryl methyl sites for hydroxylation is 1. The number of carbonyl (C=O) groups is 2. The van der Waals surface area contributed by atoms with Crippen molar-refractivity contribution in [3.8, 4) is 0 Å². The maximum Gasteiger partial charge on any atom is 0.251 e. The minimum Gasteiger partial charge on any atom is -0.365 e. The number of amides is 2. The molecule has 1 aliphatic carbocycles. The fourth-order valence-corrected chi connectivity index (χ4v) is 6.99. The number of hydrogen-bond acceptors (Lipinski definition) is 6. The highest BCUT2D eigenvalue weighted by atomic mass is 32.1. The van der Waals surface area contributed by atoms with Crippen LogP contribution in [0.15, 0.2) is 24.3 Å². The number of thiazole rings is 1. The van der Waals surface area contributed by atoms with Gasteiger partial charge >= 0.3 is 0 Å². The molecule has 6 nitrogen and oxygen atoms in total. The van der Waals surface area contributed by atoms with E-state index in [9.17, 15) is 9.59 Å². The molecule has 5 rings (SSSR count). The molecule has 3 N–H and O–H groups in total. The van der Waals surface area contributed by atoms with E-state index in [1.807, 2.05) is 12.1 Å². The number of hydrogen-bond donors (Lipinski definition) is 2. The molecule has 8 heteroatoms. The van der Waals surface area contributed by atoms with Crippen molar-refractivity contribution in [2.24, 2.45) is 5.73 Å². The standard InChI is InChI=1S/C22H24N4O2S2/c23-20(28)19-14-6-3-9-16(14)29-22(19)25-18(27)12-26-10-4-5-13(11-26)21-24-15-7-1-2-8-17(15)30-21/h1-2,7-8,13H,3-6,9-12H2,(H2,23,28)(H,25,27)/t13-/m1/s1. The van der Waals surface area contributed by atoms with Crippen molar-refractivity contribution in [3.05, 3.63) is 45.3 Å². The number of primary amides is 1. The molecule has 0 unspecified atom stereocenters. The summed E-state index contributed by atoms with van der Waals surface area (Å²) >= 11 is 3.27. The van der Waals surface area contributed by atoms with E-state index < -0.39 is 5.91 Å². The number of aromatic nitrogens is 1. The van der Waals surface area contributed by atoms with E-state index in [4.69, 9.17) is 10.7 Å². The van der Waals surface area contributed by atoms with E-state index in [2.05, 4.69) is 22.3 Å². The number of benzene rings is 1. The Labute approximate surface area is 183 Å². The minimum atomic E-state index is -0.446. The molecule has 1 aliphatic heterocycles. The average molecular weight is 441 g/mol. The zero-order valence-electron chi connectivity index (χ0n) is 16.6. The summed E-state index contributed by atoms with van der Waals surface area (Å²) in [6.45, 7) is 2.05. The summed E-state index contributed by atoms with van der Waals surface area (Å²) in [5.41, 5.74) is 8.22. The van der Waals surface area contributed by atoms with Gasteiger partial charge < -0.3 is 11.1 Å². The number of nitrogens with zero attached hydrogens (tertiary/aromatic N) is 2. The van der Waals surface area contributed by atoms with E-state index >= 15 is 0 Å². The largest absolute Gasteiger partial charge is 0.365 e. The fraction of sp³-hybridized carbons (Fsp3) is 0.409. The molecule has 3 heterocycles. The van der Waals surface area contributed by atoms with Crippen LogP contribution in [0, 0.1) is 0 Å². The van der Waals surface area contributed by atoms with E-state index in [-0.39, 0.29) is 5.91 Å². The number of nitrogens with one attached hydrogen (secondary N) is 1. The van der Waals surface area contributed by atoms with Crippen molar-refractivity contribution in [2.75, 3.05) is 25.0 Å². The van der Waals surface area contributed by atoms with Crippen LogP contribution in [0.25, 0.3) is 10.2 Å². The van der Waals surface area contributed by atoms with Gasteiger partial charge in [0.15, 0.2) is 0 Å². The molecular formula is C22H24N4O2S2. The van der Waals surface area contributed by atoms with Crippen LogP contribution in [0.3, 0.4) is 0 Å². The number of carbonyl (C=O) groups excluding carboxylic acids is 2. The second-order valence-electron chi connectivity index (χ2n) is 8.07.